The molecule has 1 aromatic carbocycles. The van der Waals surface area contributed by atoms with Gasteiger partial charge in [0.25, 0.3) is 0 Å². The summed E-state index contributed by atoms with van der Waals surface area (Å²) in [5, 5.41) is 9.80. The van der Waals surface area contributed by atoms with Crippen LogP contribution < -0.4 is 10.6 Å². The lowest BCUT2D eigenvalue weighted by Gasteiger charge is -2.28. The van der Waals surface area contributed by atoms with Gasteiger partial charge in [0.2, 0.25) is 0 Å². The van der Waals surface area contributed by atoms with Gasteiger partial charge in [-0.15, -0.1) is 0 Å². The number of hydrogen-bond donors (Lipinski definition) is 1. The summed E-state index contributed by atoms with van der Waals surface area (Å²) in [6.07, 6.45) is 3.38. The third kappa shape index (κ3) is 2.61. The lowest BCUT2D eigenvalue weighted by Crippen LogP contribution is -2.34. The molecular weight excluding hydrogens is 270 g/mol. The number of hydrogen-bond acceptors (Lipinski definition) is 4. The Morgan fingerprint density at radius 1 is 1.19 bits per heavy atom. The van der Waals surface area contributed by atoms with Crippen LogP contribution in [0, 0.1) is 0 Å². The van der Waals surface area contributed by atoms with Crippen molar-refractivity contribution >= 4 is 22.7 Å². The first-order valence-corrected chi connectivity index (χ1v) is 7.13. The molecule has 0 bridgehead atoms. The number of piperidine rings is 1. The van der Waals surface area contributed by atoms with Gasteiger partial charge in [0.15, 0.2) is 0 Å². The molecular formula is C15H17N3O3. The fourth-order valence-electron chi connectivity index (χ4n) is 2.85. The van der Waals surface area contributed by atoms with Crippen molar-refractivity contribution in [1.29, 1.82) is 0 Å². The number of aromatic nitrogens is 2. The molecule has 1 fully saturated rings. The molecule has 0 aliphatic carbocycles. The summed E-state index contributed by atoms with van der Waals surface area (Å²) in [5.41, 5.74) is 0.122. The average molecular weight is 287 g/mol. The summed E-state index contributed by atoms with van der Waals surface area (Å²) >= 11 is 0. The zero-order chi connectivity index (χ0) is 14.8. The first-order chi connectivity index (χ1) is 10.2. The van der Waals surface area contributed by atoms with E-state index in [9.17, 15) is 9.59 Å². The molecule has 0 amide bonds. The SMILES string of the molecule is O=C(O)Cn1c(=O)nc(N2CCCCC2)c2ccccc21. The monoisotopic (exact) mass is 287 g/mol. The van der Waals surface area contributed by atoms with Gasteiger partial charge in [-0.05, 0) is 31.4 Å². The molecule has 0 spiro atoms. The molecule has 0 radical (unpaired) electrons. The summed E-state index contributed by atoms with van der Waals surface area (Å²) < 4.78 is 1.21. The van der Waals surface area contributed by atoms with Crippen LogP contribution in [0.1, 0.15) is 19.3 Å². The van der Waals surface area contributed by atoms with Gasteiger partial charge < -0.3 is 10.0 Å². The fourth-order valence-corrected chi connectivity index (χ4v) is 2.85. The lowest BCUT2D eigenvalue weighted by atomic mass is 10.1. The van der Waals surface area contributed by atoms with E-state index in [1.165, 1.54) is 11.0 Å². The second kappa shape index (κ2) is 5.55. The highest BCUT2D eigenvalue weighted by atomic mass is 16.4. The molecule has 1 aliphatic heterocycles. The maximum Gasteiger partial charge on any atom is 0.350 e. The number of para-hydroxylation sites is 1. The van der Waals surface area contributed by atoms with Gasteiger partial charge in [-0.3, -0.25) is 9.36 Å². The van der Waals surface area contributed by atoms with E-state index < -0.39 is 11.7 Å². The zero-order valence-electron chi connectivity index (χ0n) is 11.7. The Labute approximate surface area is 121 Å². The molecule has 6 heteroatoms. The number of carboxylic acid groups (broad SMARTS) is 1. The fraction of sp³-hybridized carbons (Fsp3) is 0.400. The van der Waals surface area contributed by atoms with Crippen molar-refractivity contribution in [1.82, 2.24) is 9.55 Å². The molecule has 1 saturated heterocycles. The van der Waals surface area contributed by atoms with Crippen LogP contribution in [0.4, 0.5) is 5.82 Å². The number of carboxylic acids is 1. The van der Waals surface area contributed by atoms with Crippen LogP contribution in [0.5, 0.6) is 0 Å². The first kappa shape index (κ1) is 13.6. The Balaban J connectivity index is 2.18. The zero-order valence-corrected chi connectivity index (χ0v) is 11.7. The van der Waals surface area contributed by atoms with E-state index in [0.717, 1.165) is 31.3 Å². The Hall–Kier alpha value is -2.37. The number of nitrogens with zero attached hydrogens (tertiary/aromatic N) is 3. The van der Waals surface area contributed by atoms with Crippen LogP contribution in [0.3, 0.4) is 0 Å². The van der Waals surface area contributed by atoms with Gasteiger partial charge in [-0.1, -0.05) is 12.1 Å². The first-order valence-electron chi connectivity index (χ1n) is 7.13. The maximum absolute atomic E-state index is 12.2. The molecule has 1 aliphatic rings. The summed E-state index contributed by atoms with van der Waals surface area (Å²) in [4.78, 5) is 29.4. The summed E-state index contributed by atoms with van der Waals surface area (Å²) in [7, 11) is 0. The minimum absolute atomic E-state index is 0.368. The summed E-state index contributed by atoms with van der Waals surface area (Å²) in [6, 6.07) is 7.35. The smallest absolute Gasteiger partial charge is 0.350 e. The van der Waals surface area contributed by atoms with Gasteiger partial charge in [0.1, 0.15) is 12.4 Å². The largest absolute Gasteiger partial charge is 0.480 e. The standard InChI is InChI=1S/C15H17N3O3/c19-13(20)10-18-12-7-3-2-6-11(12)14(16-15(18)21)17-8-4-1-5-9-17/h2-3,6-7H,1,4-5,8-10H2,(H,19,20). The minimum Gasteiger partial charge on any atom is -0.480 e. The van der Waals surface area contributed by atoms with Crippen molar-refractivity contribution in [3.05, 3.63) is 34.7 Å². The Bertz CT molecular complexity index is 733. The highest BCUT2D eigenvalue weighted by Gasteiger charge is 2.18. The van der Waals surface area contributed by atoms with Crippen molar-refractivity contribution in [3.8, 4) is 0 Å². The number of anilines is 1. The van der Waals surface area contributed by atoms with Crippen LogP contribution in [0.15, 0.2) is 29.1 Å². The molecule has 2 aromatic rings. The van der Waals surface area contributed by atoms with Crippen LogP contribution in [0.25, 0.3) is 10.9 Å². The molecule has 21 heavy (non-hydrogen) atoms. The number of aliphatic carboxylic acids is 1. The van der Waals surface area contributed by atoms with Crippen molar-refractivity contribution < 1.29 is 9.90 Å². The van der Waals surface area contributed by atoms with Gasteiger partial charge in [-0.2, -0.15) is 4.98 Å². The molecule has 0 atom stereocenters. The molecule has 1 aromatic heterocycles. The third-order valence-corrected chi connectivity index (χ3v) is 3.82. The van der Waals surface area contributed by atoms with Gasteiger partial charge in [-0.25, -0.2) is 4.79 Å². The minimum atomic E-state index is -1.05. The van der Waals surface area contributed by atoms with E-state index in [4.69, 9.17) is 5.11 Å². The maximum atomic E-state index is 12.2. The number of rotatable bonds is 3. The predicted octanol–water partition coefficient (Wildman–Crippen LogP) is 1.47. The van der Waals surface area contributed by atoms with E-state index in [2.05, 4.69) is 9.88 Å². The van der Waals surface area contributed by atoms with E-state index in [1.54, 1.807) is 12.1 Å². The highest BCUT2D eigenvalue weighted by molar-refractivity contribution is 5.90. The molecule has 110 valence electrons. The summed E-state index contributed by atoms with van der Waals surface area (Å²) in [6.45, 7) is 1.41. The Morgan fingerprint density at radius 2 is 1.90 bits per heavy atom. The number of fused-ring (bicyclic) bond motifs is 1. The van der Waals surface area contributed by atoms with Gasteiger partial charge in [0, 0.05) is 18.5 Å². The van der Waals surface area contributed by atoms with Gasteiger partial charge in [0.05, 0.1) is 5.52 Å². The van der Waals surface area contributed by atoms with Crippen LogP contribution in [-0.4, -0.2) is 33.7 Å². The topological polar surface area (TPSA) is 75.4 Å². The average Bonchev–Trinajstić information content (AvgIpc) is 2.50. The van der Waals surface area contributed by atoms with Crippen molar-refractivity contribution in [2.24, 2.45) is 0 Å². The van der Waals surface area contributed by atoms with E-state index in [-0.39, 0.29) is 6.54 Å². The molecule has 2 heterocycles. The quantitative estimate of drug-likeness (QED) is 0.925. The Kier molecular flexibility index (Phi) is 3.60. The highest BCUT2D eigenvalue weighted by Crippen LogP contribution is 2.25. The van der Waals surface area contributed by atoms with Crippen molar-refractivity contribution in [2.45, 2.75) is 25.8 Å². The molecule has 1 N–H and O–H groups in total. The molecule has 6 nitrogen and oxygen atoms in total. The van der Waals surface area contributed by atoms with Crippen molar-refractivity contribution in [3.63, 3.8) is 0 Å². The van der Waals surface area contributed by atoms with Crippen LogP contribution in [-0.2, 0) is 11.3 Å². The van der Waals surface area contributed by atoms with Crippen LogP contribution in [0.2, 0.25) is 0 Å². The Morgan fingerprint density at radius 3 is 2.62 bits per heavy atom. The summed E-state index contributed by atoms with van der Waals surface area (Å²) in [5.74, 6) is -0.369. The second-order valence-electron chi connectivity index (χ2n) is 5.26. The van der Waals surface area contributed by atoms with Gasteiger partial charge >= 0.3 is 11.7 Å². The number of benzene rings is 1. The normalized spacial score (nSPS) is 15.3. The van der Waals surface area contributed by atoms with E-state index in [1.807, 2.05) is 12.1 Å². The van der Waals surface area contributed by atoms with Crippen LogP contribution >= 0.6 is 0 Å². The van der Waals surface area contributed by atoms with E-state index in [0.29, 0.717) is 11.3 Å². The van der Waals surface area contributed by atoms with E-state index >= 15 is 0 Å². The molecule has 0 saturated carbocycles. The third-order valence-electron chi connectivity index (χ3n) is 3.82. The second-order valence-corrected chi connectivity index (χ2v) is 5.26. The molecule has 3 rings (SSSR count). The van der Waals surface area contributed by atoms with Crippen molar-refractivity contribution in [2.75, 3.05) is 18.0 Å². The number of carbonyl (C=O) groups is 1. The predicted molar refractivity (Wildman–Crippen MR) is 79.7 cm³/mol. The lowest BCUT2D eigenvalue weighted by molar-refractivity contribution is -0.137. The molecule has 0 unspecified atom stereocenters.